The van der Waals surface area contributed by atoms with Crippen LogP contribution in [-0.2, 0) is 27.9 Å². The number of ether oxygens (including phenoxy) is 1. The molecular weight excluding hydrogens is 1070 g/mol. The van der Waals surface area contributed by atoms with Gasteiger partial charge in [0.05, 0.1) is 33.8 Å². The lowest BCUT2D eigenvalue weighted by Crippen LogP contribution is -2.47. The molecule has 0 aromatic heterocycles. The SMILES string of the molecule is CC/C=C\C/C=C\C/C=C\C/C=C\C/C=C\C/C=C\CCCCCCC(=O)OC(/C=C/CCCCCCCCCCC)C(COP(=O)([O-])OCC[N+](C)(C)C)NC(=O)CCCCCCCCCCC/C=C\C/C=C\C/C=C\C/C=C\C/C=C\CC. The molecule has 3 unspecified atom stereocenters. The van der Waals surface area contributed by atoms with Crippen LogP contribution in [-0.4, -0.2) is 69.4 Å². The molecule has 0 aliphatic rings. The molecule has 0 aromatic rings. The zero-order valence-corrected chi connectivity index (χ0v) is 56.1. The number of carbonyl (C=O) groups is 2. The lowest BCUT2D eigenvalue weighted by atomic mass is 10.0. The number of rotatable bonds is 60. The largest absolute Gasteiger partial charge is 0.756 e. The van der Waals surface area contributed by atoms with Crippen LogP contribution in [0, 0.1) is 0 Å². The molecule has 0 heterocycles. The first-order valence-corrected chi connectivity index (χ1v) is 35.6. The molecule has 0 rings (SSSR count). The number of phosphoric ester groups is 1. The van der Waals surface area contributed by atoms with Crippen molar-refractivity contribution in [2.75, 3.05) is 40.9 Å². The molecule has 3 atom stereocenters. The predicted molar refractivity (Wildman–Crippen MR) is 366 cm³/mol. The molecule has 9 nitrogen and oxygen atoms in total. The molecule has 85 heavy (non-hydrogen) atoms. The van der Waals surface area contributed by atoms with E-state index in [0.29, 0.717) is 23.9 Å². The number of esters is 1. The minimum Gasteiger partial charge on any atom is -0.756 e. The molecule has 0 spiro atoms. The van der Waals surface area contributed by atoms with Gasteiger partial charge in [0.2, 0.25) is 5.91 Å². The Kier molecular flexibility index (Phi) is 59.9. The molecule has 10 heteroatoms. The minimum atomic E-state index is -4.72. The number of likely N-dealkylation sites (N-methyl/N-ethyl adjacent to an activating group) is 1. The van der Waals surface area contributed by atoms with E-state index in [1.165, 1.54) is 77.0 Å². The third-order valence-electron chi connectivity index (χ3n) is 14.3. The van der Waals surface area contributed by atoms with Crippen LogP contribution in [0.3, 0.4) is 0 Å². The van der Waals surface area contributed by atoms with Gasteiger partial charge in [-0.3, -0.25) is 14.2 Å². The Balaban J connectivity index is 5.16. The van der Waals surface area contributed by atoms with Gasteiger partial charge in [0.25, 0.3) is 7.82 Å². The maximum Gasteiger partial charge on any atom is 0.306 e. The number of hydrogen-bond donors (Lipinski definition) is 1. The summed E-state index contributed by atoms with van der Waals surface area (Å²) in [6, 6.07) is -0.914. The summed E-state index contributed by atoms with van der Waals surface area (Å²) in [5, 5.41) is 3.02. The van der Waals surface area contributed by atoms with Crippen LogP contribution < -0.4 is 10.2 Å². The number of nitrogens with zero attached hydrogens (tertiary/aromatic N) is 1. The van der Waals surface area contributed by atoms with Crippen LogP contribution in [0.5, 0.6) is 0 Å². The van der Waals surface area contributed by atoms with E-state index in [1.807, 2.05) is 33.3 Å². The van der Waals surface area contributed by atoms with Crippen molar-refractivity contribution in [3.63, 3.8) is 0 Å². The second-order valence-corrected chi connectivity index (χ2v) is 25.0. The van der Waals surface area contributed by atoms with Crippen LogP contribution in [0.2, 0.25) is 0 Å². The van der Waals surface area contributed by atoms with Gasteiger partial charge in [0.15, 0.2) is 0 Å². The van der Waals surface area contributed by atoms with Crippen LogP contribution in [0.25, 0.3) is 0 Å². The Morgan fingerprint density at radius 1 is 0.424 bits per heavy atom. The van der Waals surface area contributed by atoms with Crippen LogP contribution in [0.4, 0.5) is 0 Å². The van der Waals surface area contributed by atoms with Crippen molar-refractivity contribution >= 4 is 19.7 Å². The topological polar surface area (TPSA) is 114 Å². The summed E-state index contributed by atoms with van der Waals surface area (Å²) in [5.41, 5.74) is 0. The number of amides is 1. The van der Waals surface area contributed by atoms with E-state index < -0.39 is 26.6 Å². The average molecular weight is 1200 g/mol. The fraction of sp³-hybridized carbons (Fsp3) is 0.653. The number of carbonyl (C=O) groups excluding carboxylic acids is 2. The second kappa shape index (κ2) is 62.9. The molecule has 0 saturated carbocycles. The summed E-state index contributed by atoms with van der Waals surface area (Å²) in [6.45, 7) is 6.58. The highest BCUT2D eigenvalue weighted by atomic mass is 31.2. The summed E-state index contributed by atoms with van der Waals surface area (Å²) in [4.78, 5) is 40.1. The van der Waals surface area contributed by atoms with Crippen LogP contribution >= 0.6 is 7.82 Å². The monoisotopic (exact) mass is 1200 g/mol. The molecular formula is C75H127N2O7P. The molecule has 0 bridgehead atoms. The average Bonchev–Trinajstić information content (AvgIpc) is 3.62. The van der Waals surface area contributed by atoms with Crippen molar-refractivity contribution in [3.05, 3.63) is 146 Å². The van der Waals surface area contributed by atoms with Crippen molar-refractivity contribution < 1.29 is 37.3 Å². The summed E-state index contributed by atoms with van der Waals surface area (Å²) < 4.78 is 30.4. The lowest BCUT2D eigenvalue weighted by Gasteiger charge is -2.30. The summed E-state index contributed by atoms with van der Waals surface area (Å²) >= 11 is 0. The number of nitrogens with one attached hydrogen (secondary N) is 1. The van der Waals surface area contributed by atoms with Crippen LogP contribution in [0.1, 0.15) is 265 Å². The maximum atomic E-state index is 13.6. The van der Waals surface area contributed by atoms with E-state index in [-0.39, 0.29) is 24.9 Å². The fourth-order valence-electron chi connectivity index (χ4n) is 9.08. The Hall–Kier alpha value is -4.11. The standard InChI is InChI=1S/C75H127N2O7P/c1-7-10-13-16-19-22-25-27-29-31-33-35-37-38-40-41-43-45-47-49-52-55-58-61-64-67-74(78)76-72(71-83-85(80,81)82-70-69-77(4,5)6)73(66-63-60-57-54-51-24-21-18-15-12-9-3)84-75(79)68-65-62-59-56-53-50-48-46-44-42-39-36-34-32-30-28-26-23-20-17-14-11-8-2/h10-11,13-14,19-20,22-23,27-30,33-36,38,40,42,44,48,50,63,66,72-73H,7-9,12,15-18,21,24-26,31-32,37,39,41,43,45-47,49,51-62,64-65,67-71H2,1-6H3,(H-,76,78,80,81)/b13-10-,14-11-,22-19-,23-20-,29-27-,30-28-,35-33-,36-34-,40-38-,44-42-,50-48-,66-63+. The van der Waals surface area contributed by atoms with Gasteiger partial charge in [0.1, 0.15) is 19.3 Å². The molecule has 1 N–H and O–H groups in total. The molecule has 1 amide bonds. The fourth-order valence-corrected chi connectivity index (χ4v) is 9.80. The maximum absolute atomic E-state index is 13.6. The smallest absolute Gasteiger partial charge is 0.306 e. The highest BCUT2D eigenvalue weighted by Gasteiger charge is 2.27. The van der Waals surface area contributed by atoms with Gasteiger partial charge in [-0.1, -0.05) is 270 Å². The first-order chi connectivity index (χ1) is 41.4. The van der Waals surface area contributed by atoms with Crippen molar-refractivity contribution in [2.45, 2.75) is 277 Å². The van der Waals surface area contributed by atoms with Gasteiger partial charge in [-0.15, -0.1) is 0 Å². The number of phosphoric acid groups is 1. The quantitative estimate of drug-likeness (QED) is 0.0212. The minimum absolute atomic E-state index is 0.0362. The van der Waals surface area contributed by atoms with E-state index in [1.54, 1.807) is 0 Å². The number of hydrogen-bond acceptors (Lipinski definition) is 7. The summed E-state index contributed by atoms with van der Waals surface area (Å²) in [6.07, 6.45) is 91.1. The van der Waals surface area contributed by atoms with Crippen molar-refractivity contribution in [3.8, 4) is 0 Å². The third-order valence-corrected chi connectivity index (χ3v) is 15.2. The Morgan fingerprint density at radius 3 is 1.13 bits per heavy atom. The van der Waals surface area contributed by atoms with Crippen molar-refractivity contribution in [2.24, 2.45) is 0 Å². The first kappa shape index (κ1) is 80.9. The highest BCUT2D eigenvalue weighted by molar-refractivity contribution is 7.45. The van der Waals surface area contributed by atoms with Gasteiger partial charge in [-0.25, -0.2) is 0 Å². The van der Waals surface area contributed by atoms with E-state index >= 15 is 0 Å². The molecule has 0 aliphatic carbocycles. The molecule has 0 fully saturated rings. The van der Waals surface area contributed by atoms with E-state index in [9.17, 15) is 19.0 Å². The molecule has 0 aromatic carbocycles. The number of unbranched alkanes of at least 4 members (excludes halogenated alkanes) is 22. The summed E-state index contributed by atoms with van der Waals surface area (Å²) in [7, 11) is 1.14. The van der Waals surface area contributed by atoms with E-state index in [4.69, 9.17) is 13.8 Å². The number of allylic oxidation sites excluding steroid dienone is 23. The number of quaternary nitrogens is 1. The van der Waals surface area contributed by atoms with E-state index in [0.717, 1.165) is 148 Å². The molecule has 484 valence electrons. The molecule has 0 radical (unpaired) electrons. The van der Waals surface area contributed by atoms with Crippen molar-refractivity contribution in [1.82, 2.24) is 5.32 Å². The lowest BCUT2D eigenvalue weighted by molar-refractivity contribution is -0.870. The normalized spacial score (nSPS) is 14.5. The Bertz CT molecular complexity index is 1960. The van der Waals surface area contributed by atoms with Gasteiger partial charge in [-0.05, 0) is 128 Å². The van der Waals surface area contributed by atoms with Crippen LogP contribution in [0.15, 0.2) is 146 Å². The predicted octanol–water partition coefficient (Wildman–Crippen LogP) is 21.1. The van der Waals surface area contributed by atoms with Crippen molar-refractivity contribution in [1.29, 1.82) is 0 Å². The van der Waals surface area contributed by atoms with Gasteiger partial charge in [-0.2, -0.15) is 0 Å². The molecule has 0 aliphatic heterocycles. The zero-order chi connectivity index (χ0) is 62.1. The van der Waals surface area contributed by atoms with Gasteiger partial charge in [0, 0.05) is 12.8 Å². The van der Waals surface area contributed by atoms with Gasteiger partial charge >= 0.3 is 5.97 Å². The molecule has 0 saturated heterocycles. The Labute approximate surface area is 523 Å². The highest BCUT2D eigenvalue weighted by Crippen LogP contribution is 2.38. The first-order valence-electron chi connectivity index (χ1n) is 34.1. The second-order valence-electron chi connectivity index (χ2n) is 23.6. The summed E-state index contributed by atoms with van der Waals surface area (Å²) in [5.74, 6) is -0.586. The Morgan fingerprint density at radius 2 is 0.753 bits per heavy atom. The van der Waals surface area contributed by atoms with Gasteiger partial charge < -0.3 is 28.5 Å². The third kappa shape index (κ3) is 64.2. The zero-order valence-electron chi connectivity index (χ0n) is 55.3. The van der Waals surface area contributed by atoms with E-state index in [2.05, 4.69) is 160 Å².